The van der Waals surface area contributed by atoms with Gasteiger partial charge in [-0.1, -0.05) is 11.6 Å². The SMILES string of the molecule is Cc1[nH]ncc1CNc1cc(Cl)cc(C(F)(F)F)c1. The van der Waals surface area contributed by atoms with Crippen LogP contribution in [0.1, 0.15) is 16.8 Å². The van der Waals surface area contributed by atoms with Crippen molar-refractivity contribution >= 4 is 17.3 Å². The summed E-state index contributed by atoms with van der Waals surface area (Å²) in [4.78, 5) is 0. The van der Waals surface area contributed by atoms with E-state index in [1.54, 1.807) is 6.20 Å². The fraction of sp³-hybridized carbons (Fsp3) is 0.250. The molecule has 1 aromatic carbocycles. The van der Waals surface area contributed by atoms with Crippen LogP contribution in [0.4, 0.5) is 18.9 Å². The zero-order chi connectivity index (χ0) is 14.0. The van der Waals surface area contributed by atoms with Crippen LogP contribution in [0.3, 0.4) is 0 Å². The topological polar surface area (TPSA) is 40.7 Å². The number of rotatable bonds is 3. The number of aromatic nitrogens is 2. The van der Waals surface area contributed by atoms with Crippen molar-refractivity contribution in [3.63, 3.8) is 0 Å². The van der Waals surface area contributed by atoms with E-state index in [9.17, 15) is 13.2 Å². The third kappa shape index (κ3) is 3.41. The highest BCUT2D eigenvalue weighted by Gasteiger charge is 2.31. The number of alkyl halides is 3. The molecule has 0 amide bonds. The van der Waals surface area contributed by atoms with Crippen LogP contribution in [0.15, 0.2) is 24.4 Å². The monoisotopic (exact) mass is 289 g/mol. The lowest BCUT2D eigenvalue weighted by molar-refractivity contribution is -0.137. The number of halogens is 4. The minimum absolute atomic E-state index is 0.0428. The molecule has 0 atom stereocenters. The zero-order valence-electron chi connectivity index (χ0n) is 9.98. The van der Waals surface area contributed by atoms with Crippen LogP contribution < -0.4 is 5.32 Å². The summed E-state index contributed by atoms with van der Waals surface area (Å²) in [5.41, 5.74) is 1.30. The van der Waals surface area contributed by atoms with Crippen LogP contribution in [-0.4, -0.2) is 10.2 Å². The lowest BCUT2D eigenvalue weighted by Crippen LogP contribution is -2.07. The van der Waals surface area contributed by atoms with Crippen molar-refractivity contribution < 1.29 is 13.2 Å². The van der Waals surface area contributed by atoms with Gasteiger partial charge in [0.1, 0.15) is 0 Å². The van der Waals surface area contributed by atoms with Gasteiger partial charge in [-0.2, -0.15) is 18.3 Å². The summed E-state index contributed by atoms with van der Waals surface area (Å²) in [6.45, 7) is 2.21. The maximum atomic E-state index is 12.6. The van der Waals surface area contributed by atoms with E-state index in [1.807, 2.05) is 6.92 Å². The minimum Gasteiger partial charge on any atom is -0.381 e. The summed E-state index contributed by atoms with van der Waals surface area (Å²) in [7, 11) is 0. The van der Waals surface area contributed by atoms with Crippen molar-refractivity contribution in [1.29, 1.82) is 0 Å². The van der Waals surface area contributed by atoms with E-state index in [4.69, 9.17) is 11.6 Å². The van der Waals surface area contributed by atoms with Gasteiger partial charge in [-0.05, 0) is 25.1 Å². The molecule has 19 heavy (non-hydrogen) atoms. The zero-order valence-corrected chi connectivity index (χ0v) is 10.7. The molecule has 2 N–H and O–H groups in total. The lowest BCUT2D eigenvalue weighted by Gasteiger charge is -2.11. The number of aryl methyl sites for hydroxylation is 1. The Hall–Kier alpha value is -1.69. The average molecular weight is 290 g/mol. The number of hydrogen-bond donors (Lipinski definition) is 2. The van der Waals surface area contributed by atoms with Gasteiger partial charge < -0.3 is 5.32 Å². The number of nitrogens with one attached hydrogen (secondary N) is 2. The third-order valence-corrected chi connectivity index (χ3v) is 2.86. The standard InChI is InChI=1S/C12H11ClF3N3/c1-7-8(6-18-19-7)5-17-11-3-9(12(14,15)16)2-10(13)4-11/h2-4,6,17H,5H2,1H3,(H,18,19). The van der Waals surface area contributed by atoms with Gasteiger partial charge in [0.25, 0.3) is 0 Å². The molecular weight excluding hydrogens is 279 g/mol. The Kier molecular flexibility index (Phi) is 3.71. The Balaban J connectivity index is 2.17. The highest BCUT2D eigenvalue weighted by Crippen LogP contribution is 2.33. The molecule has 0 radical (unpaired) electrons. The number of anilines is 1. The second-order valence-electron chi connectivity index (χ2n) is 4.10. The molecule has 0 bridgehead atoms. The largest absolute Gasteiger partial charge is 0.416 e. The Bertz CT molecular complexity index is 578. The summed E-state index contributed by atoms with van der Waals surface area (Å²) < 4.78 is 37.9. The third-order valence-electron chi connectivity index (χ3n) is 2.64. The number of aromatic amines is 1. The lowest BCUT2D eigenvalue weighted by atomic mass is 10.2. The molecule has 0 saturated heterocycles. The van der Waals surface area contributed by atoms with Gasteiger partial charge in [-0.3, -0.25) is 5.10 Å². The van der Waals surface area contributed by atoms with E-state index in [0.717, 1.165) is 23.4 Å². The number of hydrogen-bond acceptors (Lipinski definition) is 2. The molecule has 0 spiro atoms. The molecule has 1 heterocycles. The minimum atomic E-state index is -4.41. The molecular formula is C12H11ClF3N3. The first kappa shape index (κ1) is 13.7. The van der Waals surface area contributed by atoms with E-state index < -0.39 is 11.7 Å². The average Bonchev–Trinajstić information content (AvgIpc) is 2.70. The van der Waals surface area contributed by atoms with Gasteiger partial charge in [-0.15, -0.1) is 0 Å². The summed E-state index contributed by atoms with van der Waals surface area (Å²) in [6, 6.07) is 3.38. The van der Waals surface area contributed by atoms with Gasteiger partial charge in [0.2, 0.25) is 0 Å². The molecule has 0 aliphatic carbocycles. The van der Waals surface area contributed by atoms with Crippen molar-refractivity contribution in [1.82, 2.24) is 10.2 Å². The van der Waals surface area contributed by atoms with Crippen LogP contribution in [0.25, 0.3) is 0 Å². The molecule has 0 aliphatic rings. The summed E-state index contributed by atoms with van der Waals surface area (Å²) in [5.74, 6) is 0. The first-order valence-electron chi connectivity index (χ1n) is 5.47. The van der Waals surface area contributed by atoms with E-state index >= 15 is 0 Å². The molecule has 0 unspecified atom stereocenters. The van der Waals surface area contributed by atoms with Crippen LogP contribution in [0.5, 0.6) is 0 Å². The van der Waals surface area contributed by atoms with Crippen LogP contribution in [0.2, 0.25) is 5.02 Å². The fourth-order valence-electron chi connectivity index (χ4n) is 1.61. The number of benzene rings is 1. The predicted molar refractivity (Wildman–Crippen MR) is 67.1 cm³/mol. The van der Waals surface area contributed by atoms with Gasteiger partial charge in [-0.25, -0.2) is 0 Å². The van der Waals surface area contributed by atoms with Gasteiger partial charge in [0.15, 0.2) is 0 Å². The highest BCUT2D eigenvalue weighted by molar-refractivity contribution is 6.30. The molecule has 102 valence electrons. The summed E-state index contributed by atoms with van der Waals surface area (Å²) in [6.07, 6.45) is -2.79. The fourth-order valence-corrected chi connectivity index (χ4v) is 1.84. The first-order valence-corrected chi connectivity index (χ1v) is 5.84. The van der Waals surface area contributed by atoms with Crippen LogP contribution in [-0.2, 0) is 12.7 Å². The van der Waals surface area contributed by atoms with E-state index in [-0.39, 0.29) is 5.02 Å². The summed E-state index contributed by atoms with van der Waals surface area (Å²) in [5, 5.41) is 9.53. The highest BCUT2D eigenvalue weighted by atomic mass is 35.5. The van der Waals surface area contributed by atoms with Crippen LogP contribution in [0, 0.1) is 6.92 Å². The molecule has 2 rings (SSSR count). The van der Waals surface area contributed by atoms with Gasteiger partial charge in [0.05, 0.1) is 11.8 Å². The van der Waals surface area contributed by atoms with E-state index in [0.29, 0.717) is 12.2 Å². The smallest absolute Gasteiger partial charge is 0.381 e. The maximum Gasteiger partial charge on any atom is 0.416 e. The molecule has 0 saturated carbocycles. The molecule has 0 fully saturated rings. The molecule has 1 aromatic heterocycles. The number of H-pyrrole nitrogens is 1. The number of nitrogens with zero attached hydrogens (tertiary/aromatic N) is 1. The quantitative estimate of drug-likeness (QED) is 0.896. The van der Waals surface area contributed by atoms with Crippen molar-refractivity contribution in [3.05, 3.63) is 46.2 Å². The van der Waals surface area contributed by atoms with Crippen molar-refractivity contribution in [2.75, 3.05) is 5.32 Å². The summed E-state index contributed by atoms with van der Waals surface area (Å²) >= 11 is 5.69. The van der Waals surface area contributed by atoms with Crippen LogP contribution >= 0.6 is 11.6 Å². The van der Waals surface area contributed by atoms with Crippen molar-refractivity contribution in [2.24, 2.45) is 0 Å². The van der Waals surface area contributed by atoms with Gasteiger partial charge >= 0.3 is 6.18 Å². The van der Waals surface area contributed by atoms with Crippen molar-refractivity contribution in [3.8, 4) is 0 Å². The second-order valence-corrected chi connectivity index (χ2v) is 4.54. The molecule has 2 aromatic rings. The predicted octanol–water partition coefficient (Wildman–Crippen LogP) is 4.00. The Morgan fingerprint density at radius 3 is 2.63 bits per heavy atom. The first-order chi connectivity index (χ1) is 8.86. The van der Waals surface area contributed by atoms with E-state index in [1.165, 1.54) is 6.07 Å². The Morgan fingerprint density at radius 2 is 2.05 bits per heavy atom. The van der Waals surface area contributed by atoms with Crippen molar-refractivity contribution in [2.45, 2.75) is 19.6 Å². The Morgan fingerprint density at radius 1 is 1.32 bits per heavy atom. The maximum absolute atomic E-state index is 12.6. The normalized spacial score (nSPS) is 11.6. The Labute approximate surface area is 112 Å². The van der Waals surface area contributed by atoms with Gasteiger partial charge in [0, 0.05) is 28.5 Å². The van der Waals surface area contributed by atoms with E-state index in [2.05, 4.69) is 15.5 Å². The molecule has 0 aliphatic heterocycles. The molecule has 3 nitrogen and oxygen atoms in total. The molecule has 7 heteroatoms. The second kappa shape index (κ2) is 5.13.